The molecule has 14 nitrogen and oxygen atoms in total. The first-order valence-corrected chi connectivity index (χ1v) is 25.4. The monoisotopic (exact) mass is 967 g/mol. The molecule has 0 saturated heterocycles. The lowest BCUT2D eigenvalue weighted by molar-refractivity contribution is -0.120. The molecule has 0 unspecified atom stereocenters. The Kier molecular flexibility index (Phi) is 13.4. The van der Waals surface area contributed by atoms with E-state index >= 15 is 0 Å². The highest BCUT2D eigenvalue weighted by Gasteiger charge is 2.36. The minimum Gasteiger partial charge on any atom is -0.478 e. The van der Waals surface area contributed by atoms with Gasteiger partial charge in [-0.05, 0) is 123 Å². The number of amides is 4. The Morgan fingerprint density at radius 2 is 1.51 bits per heavy atom. The average Bonchev–Trinajstić information content (AvgIpc) is 3.71. The van der Waals surface area contributed by atoms with Crippen LogP contribution in [0.5, 0.6) is 11.5 Å². The quantitative estimate of drug-likeness (QED) is 0.0478. The summed E-state index contributed by atoms with van der Waals surface area (Å²) in [7, 11) is 0. The molecule has 5 aliphatic heterocycles. The Balaban J connectivity index is 0.913. The topological polar surface area (TPSA) is 188 Å². The molecule has 72 heavy (non-hydrogen) atoms. The van der Waals surface area contributed by atoms with Gasteiger partial charge < -0.3 is 41.4 Å². The molecule has 7 N–H and O–H groups in total. The predicted molar refractivity (Wildman–Crippen MR) is 281 cm³/mol. The zero-order chi connectivity index (χ0) is 50.1. The Bertz CT molecular complexity index is 3210. The molecule has 5 aromatic carbocycles. The number of para-hydroxylation sites is 1. The Hall–Kier alpha value is -7.74. The Morgan fingerprint density at radius 3 is 2.33 bits per heavy atom. The van der Waals surface area contributed by atoms with E-state index in [2.05, 4.69) is 48.2 Å². The van der Waals surface area contributed by atoms with E-state index < -0.39 is 29.2 Å². The van der Waals surface area contributed by atoms with Crippen LogP contribution in [0.25, 0.3) is 5.57 Å². The maximum absolute atomic E-state index is 14.1. The summed E-state index contributed by atoms with van der Waals surface area (Å²) >= 11 is 0. The fourth-order valence-corrected chi connectivity index (χ4v) is 10.9. The lowest BCUT2D eigenvalue weighted by Crippen LogP contribution is -2.41. The van der Waals surface area contributed by atoms with Crippen LogP contribution in [0.1, 0.15) is 119 Å². The number of carboxylic acids is 1. The number of aromatic carboxylic acids is 1. The van der Waals surface area contributed by atoms with Crippen LogP contribution in [-0.2, 0) is 37.0 Å². The number of hydrogen-bond donors (Lipinski definition) is 7. The van der Waals surface area contributed by atoms with Gasteiger partial charge in [-0.1, -0.05) is 51.1 Å². The third kappa shape index (κ3) is 9.95. The lowest BCUT2D eigenvalue weighted by atomic mass is 9.82. The molecule has 5 aliphatic rings. The van der Waals surface area contributed by atoms with Crippen molar-refractivity contribution in [2.24, 2.45) is 5.41 Å². The number of hydrogen-bond acceptors (Lipinski definition) is 8. The van der Waals surface area contributed by atoms with Gasteiger partial charge in [0, 0.05) is 99.8 Å². The number of ether oxygens (including phenoxy) is 1. The van der Waals surface area contributed by atoms with Crippen molar-refractivity contribution in [3.63, 3.8) is 0 Å². The van der Waals surface area contributed by atoms with Crippen LogP contribution in [0.15, 0.2) is 96.8 Å². The first-order valence-electron chi connectivity index (χ1n) is 25.4. The van der Waals surface area contributed by atoms with Crippen molar-refractivity contribution in [1.29, 1.82) is 5.41 Å². The second-order valence-corrected chi connectivity index (χ2v) is 20.6. The first kappa shape index (κ1) is 47.9. The van der Waals surface area contributed by atoms with Crippen LogP contribution < -0.4 is 51.4 Å². The van der Waals surface area contributed by atoms with Gasteiger partial charge >= 0.3 is 12.0 Å². The number of nitrogens with one attached hydrogen (secondary N) is 6. The summed E-state index contributed by atoms with van der Waals surface area (Å²) in [5.41, 5.74) is 10.4. The molecule has 370 valence electrons. The average molecular weight is 968 g/mol. The highest BCUT2D eigenvalue weighted by molar-refractivity contribution is 6.03. The standard InChI is InChI=1S/C58H62N8O6/c1-58(2,3)47(59)32-48(64-57(71)63-39-17-5-4-6-18-39)62-40-19-11-14-35(28-40)33-60-49(67)34-61-55(68)38-22-23-41(56(69)70)44(31-38)50-45-29-36-15-7-9-24-65-26-12-20-42(51(36)65)53(45)72-54-43-21-13-27-66-25-10-8-16-37(52(43)66)30-46(50)54/h4-6,11,14,17-19,22-23,28-32H,7-10,12-13,15-16,20-21,24-27,33-34H2,1-3H3,(H6-,59,60,61,62,63,64,67,68,69,70,71)/p+1. The van der Waals surface area contributed by atoms with Crippen molar-refractivity contribution in [1.82, 2.24) is 20.5 Å². The highest BCUT2D eigenvalue weighted by Crippen LogP contribution is 2.48. The first-order chi connectivity index (χ1) is 34.8. The number of allylic oxidation sites excluding steroid dienone is 1. The van der Waals surface area contributed by atoms with Gasteiger partial charge in [0.1, 0.15) is 30.4 Å². The molecule has 0 aromatic heterocycles. The molecule has 10 rings (SSSR count). The van der Waals surface area contributed by atoms with E-state index in [0.717, 1.165) is 124 Å². The normalized spacial score (nSPS) is 15.8. The fourth-order valence-electron chi connectivity index (χ4n) is 10.9. The summed E-state index contributed by atoms with van der Waals surface area (Å²) in [6, 6.07) is 25.1. The van der Waals surface area contributed by atoms with Gasteiger partial charge in [-0.25, -0.2) is 14.2 Å². The number of anilines is 3. The second kappa shape index (κ2) is 20.2. The molecular weight excluding hydrogens is 905 g/mol. The van der Waals surface area contributed by atoms with Crippen molar-refractivity contribution < 1.29 is 29.0 Å². The van der Waals surface area contributed by atoms with E-state index in [0.29, 0.717) is 28.5 Å². The molecule has 0 fully saturated rings. The Labute approximate surface area is 419 Å². The van der Waals surface area contributed by atoms with E-state index in [1.54, 1.807) is 24.3 Å². The second-order valence-electron chi connectivity index (χ2n) is 20.6. The van der Waals surface area contributed by atoms with Gasteiger partial charge in [0.25, 0.3) is 5.91 Å². The zero-order valence-electron chi connectivity index (χ0n) is 41.4. The molecule has 0 aliphatic carbocycles. The minimum atomic E-state index is -1.09. The maximum atomic E-state index is 14.1. The number of benzene rings is 5. The van der Waals surface area contributed by atoms with Crippen molar-refractivity contribution in [2.45, 2.75) is 91.5 Å². The highest BCUT2D eigenvalue weighted by atomic mass is 16.5. The maximum Gasteiger partial charge on any atom is 0.336 e. The predicted octanol–water partition coefficient (Wildman–Crippen LogP) is 7.79. The Morgan fingerprint density at radius 1 is 0.750 bits per heavy atom. The number of urea groups is 1. The third-order valence-electron chi connectivity index (χ3n) is 14.5. The summed E-state index contributed by atoms with van der Waals surface area (Å²) in [5.74, 6) is -0.127. The van der Waals surface area contributed by atoms with Gasteiger partial charge in [0.05, 0.1) is 17.7 Å². The van der Waals surface area contributed by atoms with Crippen molar-refractivity contribution in [3.05, 3.63) is 157 Å². The van der Waals surface area contributed by atoms with Crippen molar-refractivity contribution >= 4 is 52.2 Å². The molecule has 0 spiro atoms. The van der Waals surface area contributed by atoms with Gasteiger partial charge in [0.15, 0.2) is 0 Å². The summed E-state index contributed by atoms with van der Waals surface area (Å²) < 4.78 is 9.77. The molecule has 4 amide bonds. The third-order valence-corrected chi connectivity index (χ3v) is 14.5. The van der Waals surface area contributed by atoms with Crippen LogP contribution in [0.4, 0.5) is 21.9 Å². The van der Waals surface area contributed by atoms with Crippen molar-refractivity contribution in [3.8, 4) is 11.5 Å². The van der Waals surface area contributed by atoms with E-state index in [4.69, 9.17) is 10.1 Å². The molecular formula is C58H63N8O6+. The molecule has 0 radical (unpaired) electrons. The molecule has 14 heteroatoms. The number of fused-ring (bicyclic) bond motifs is 4. The van der Waals surface area contributed by atoms with Crippen LogP contribution in [0.2, 0.25) is 0 Å². The summed E-state index contributed by atoms with van der Waals surface area (Å²) in [6.07, 6.45) is 11.5. The lowest BCUT2D eigenvalue weighted by Gasteiger charge is -2.35. The van der Waals surface area contributed by atoms with Gasteiger partial charge in [-0.15, -0.1) is 0 Å². The smallest absolute Gasteiger partial charge is 0.336 e. The fraction of sp³-hybridized carbons (Fsp3) is 0.345. The van der Waals surface area contributed by atoms with Gasteiger partial charge in [0.2, 0.25) is 11.3 Å². The number of carboxylic acid groups (broad SMARTS) is 1. The summed E-state index contributed by atoms with van der Waals surface area (Å²) in [4.78, 5) is 56.3. The number of carbonyl (C=O) groups excluding carboxylic acids is 3. The number of aryl methyl sites for hydroxylation is 2. The van der Waals surface area contributed by atoms with Gasteiger partial charge in [-0.2, -0.15) is 0 Å². The summed E-state index contributed by atoms with van der Waals surface area (Å²) in [5, 5.41) is 36.1. The van der Waals surface area contributed by atoms with Crippen LogP contribution in [-0.4, -0.2) is 67.4 Å². The minimum absolute atomic E-state index is 0.0894. The molecule has 0 atom stereocenters. The summed E-state index contributed by atoms with van der Waals surface area (Å²) in [6.45, 7) is 9.59. The van der Waals surface area contributed by atoms with Crippen LogP contribution in [0.3, 0.4) is 0 Å². The number of nitrogens with zero attached hydrogens (tertiary/aromatic N) is 2. The van der Waals surface area contributed by atoms with E-state index in [1.807, 2.05) is 63.2 Å². The van der Waals surface area contributed by atoms with Crippen molar-refractivity contribution in [2.75, 3.05) is 48.3 Å². The largest absolute Gasteiger partial charge is 0.478 e. The van der Waals surface area contributed by atoms with E-state index in [1.165, 1.54) is 45.4 Å². The SMILES string of the molecule is CC(C)(C)C(=N)/C=C(/NC(=O)Nc1ccccc1)Nc1cccc(CNC(=O)CNC(=O)c2ccc(C(=O)O)c(C3=c4cc5c6c(c4Oc4c3cc3c7c4CCCN7CCCC3)CCC[N+]=6CCCC5)c2)c1. The van der Waals surface area contributed by atoms with Crippen LogP contribution >= 0.6 is 0 Å². The van der Waals surface area contributed by atoms with E-state index in [9.17, 15) is 24.3 Å². The molecule has 0 saturated carbocycles. The molecule has 5 heterocycles. The van der Waals surface area contributed by atoms with E-state index in [-0.39, 0.29) is 24.2 Å². The zero-order valence-corrected chi connectivity index (χ0v) is 41.4. The number of rotatable bonds is 12. The molecule has 0 bridgehead atoms. The van der Waals surface area contributed by atoms with Crippen LogP contribution in [0, 0.1) is 10.8 Å². The molecule has 5 aromatic rings. The number of carbonyl (C=O) groups is 4. The van der Waals surface area contributed by atoms with Gasteiger partial charge in [-0.3, -0.25) is 14.9 Å².